The molecule has 2 rings (SSSR count). The molecule has 0 spiro atoms. The van der Waals surface area contributed by atoms with Gasteiger partial charge in [0.05, 0.1) is 24.9 Å². The van der Waals surface area contributed by atoms with Gasteiger partial charge in [0, 0.05) is 0 Å². The van der Waals surface area contributed by atoms with Crippen LogP contribution in [-0.4, -0.2) is 36.2 Å². The van der Waals surface area contributed by atoms with Crippen molar-refractivity contribution in [3.8, 4) is 5.75 Å². The van der Waals surface area contributed by atoms with Gasteiger partial charge in [0.15, 0.2) is 0 Å². The Morgan fingerprint density at radius 2 is 2.05 bits per heavy atom. The minimum absolute atomic E-state index is 0.144. The molecule has 0 atom stereocenters. The fourth-order valence-electron chi connectivity index (χ4n) is 1.48. The van der Waals surface area contributed by atoms with Gasteiger partial charge in [0.2, 0.25) is 0 Å². The lowest BCUT2D eigenvalue weighted by molar-refractivity contribution is -0.137. The van der Waals surface area contributed by atoms with Gasteiger partial charge < -0.3 is 9.47 Å². The molecule has 21 heavy (non-hydrogen) atoms. The third kappa shape index (κ3) is 4.37. The average Bonchev–Trinajstić information content (AvgIpc) is 2.85. The number of benzene rings is 1. The number of hydrogen-bond donors (Lipinski definition) is 0. The van der Waals surface area contributed by atoms with Crippen molar-refractivity contribution >= 4 is 45.9 Å². The van der Waals surface area contributed by atoms with Crippen molar-refractivity contribution < 1.29 is 19.1 Å². The summed E-state index contributed by atoms with van der Waals surface area (Å²) >= 11 is 2.46. The molecule has 1 amide bonds. The summed E-state index contributed by atoms with van der Waals surface area (Å²) < 4.78 is 10.2. The van der Waals surface area contributed by atoms with Crippen LogP contribution in [0.15, 0.2) is 34.2 Å². The molecule has 0 aromatic heterocycles. The second kappa shape index (κ2) is 7.33. The Balaban J connectivity index is 2.00. The van der Waals surface area contributed by atoms with E-state index in [1.165, 1.54) is 30.6 Å². The van der Waals surface area contributed by atoms with Crippen molar-refractivity contribution in [3.05, 3.63) is 34.7 Å². The van der Waals surface area contributed by atoms with Gasteiger partial charge in [-0.05, 0) is 23.8 Å². The number of nitrogens with zero attached hydrogens (tertiary/aromatic N) is 1. The summed E-state index contributed by atoms with van der Waals surface area (Å²) in [6.07, 6.45) is 1.77. The van der Waals surface area contributed by atoms with E-state index in [0.717, 1.165) is 11.3 Å². The molecule has 1 heterocycles. The molecule has 7 heteroatoms. The normalized spacial score (nSPS) is 16.0. The zero-order valence-corrected chi connectivity index (χ0v) is 13.1. The first kappa shape index (κ1) is 15.7. The number of ether oxygens (including phenoxy) is 2. The highest BCUT2D eigenvalue weighted by Crippen LogP contribution is 2.33. The highest BCUT2D eigenvalue weighted by atomic mass is 32.2. The van der Waals surface area contributed by atoms with Gasteiger partial charge in [-0.1, -0.05) is 35.7 Å². The van der Waals surface area contributed by atoms with E-state index in [9.17, 15) is 9.59 Å². The van der Waals surface area contributed by atoms with Crippen molar-refractivity contribution in [2.45, 2.75) is 0 Å². The quantitative estimate of drug-likeness (QED) is 0.627. The molecule has 1 aliphatic heterocycles. The van der Waals surface area contributed by atoms with Crippen molar-refractivity contribution in [1.82, 2.24) is 0 Å². The molecule has 0 N–H and O–H groups in total. The van der Waals surface area contributed by atoms with Gasteiger partial charge in [0.25, 0.3) is 5.91 Å². The summed E-state index contributed by atoms with van der Waals surface area (Å²) in [6.45, 7) is 0. The molecule has 0 bridgehead atoms. The van der Waals surface area contributed by atoms with Gasteiger partial charge in [-0.3, -0.25) is 9.59 Å². The summed E-state index contributed by atoms with van der Waals surface area (Å²) in [5.74, 6) is 0.269. The number of amides is 1. The number of methoxy groups -OCH3 is 2. The first-order valence-electron chi connectivity index (χ1n) is 5.98. The van der Waals surface area contributed by atoms with Gasteiger partial charge in [-0.25, -0.2) is 0 Å². The molecule has 0 saturated carbocycles. The number of rotatable bonds is 4. The van der Waals surface area contributed by atoms with Crippen molar-refractivity contribution in [1.29, 1.82) is 0 Å². The highest BCUT2D eigenvalue weighted by Gasteiger charge is 2.22. The van der Waals surface area contributed by atoms with E-state index in [2.05, 4.69) is 9.73 Å². The maximum atomic E-state index is 11.8. The number of esters is 1. The first-order valence-corrected chi connectivity index (χ1v) is 7.79. The van der Waals surface area contributed by atoms with Crippen molar-refractivity contribution in [3.63, 3.8) is 0 Å². The molecule has 1 aromatic carbocycles. The Morgan fingerprint density at radius 3 is 2.67 bits per heavy atom. The lowest BCUT2D eigenvalue weighted by Gasteiger charge is -2.00. The molecular formula is C14H13NO4S2. The third-order valence-electron chi connectivity index (χ3n) is 2.56. The van der Waals surface area contributed by atoms with Crippen molar-refractivity contribution in [2.24, 2.45) is 4.99 Å². The zero-order chi connectivity index (χ0) is 15.2. The van der Waals surface area contributed by atoms with Crippen LogP contribution in [0.4, 0.5) is 0 Å². The second-order valence-corrected chi connectivity index (χ2v) is 6.18. The molecular weight excluding hydrogens is 310 g/mol. The molecule has 5 nitrogen and oxygen atoms in total. The molecule has 1 aromatic rings. The molecule has 1 aliphatic rings. The minimum atomic E-state index is -0.344. The van der Waals surface area contributed by atoms with Gasteiger partial charge in [-0.15, -0.1) is 0 Å². The van der Waals surface area contributed by atoms with E-state index in [1.807, 2.05) is 24.3 Å². The monoisotopic (exact) mass is 323 g/mol. The predicted molar refractivity (Wildman–Crippen MR) is 85.5 cm³/mol. The lowest BCUT2D eigenvalue weighted by Crippen LogP contribution is -2.04. The summed E-state index contributed by atoms with van der Waals surface area (Å²) in [6, 6.07) is 7.37. The summed E-state index contributed by atoms with van der Waals surface area (Å²) in [7, 11) is 2.93. The van der Waals surface area contributed by atoms with Crippen LogP contribution in [0.5, 0.6) is 5.75 Å². The van der Waals surface area contributed by atoms with E-state index in [1.54, 1.807) is 13.2 Å². The van der Waals surface area contributed by atoms with Crippen LogP contribution < -0.4 is 4.74 Å². The van der Waals surface area contributed by atoms with Gasteiger partial charge >= 0.3 is 5.97 Å². The number of carbonyl (C=O) groups excluding carboxylic acids is 2. The van der Waals surface area contributed by atoms with Crippen LogP contribution in [0.25, 0.3) is 6.08 Å². The maximum absolute atomic E-state index is 11.8. The van der Waals surface area contributed by atoms with Gasteiger partial charge in [-0.2, -0.15) is 4.99 Å². The molecule has 0 saturated heterocycles. The van der Waals surface area contributed by atoms with E-state index in [0.29, 0.717) is 9.28 Å². The van der Waals surface area contributed by atoms with Gasteiger partial charge in [0.1, 0.15) is 10.1 Å². The van der Waals surface area contributed by atoms with Crippen LogP contribution in [0.2, 0.25) is 0 Å². The zero-order valence-electron chi connectivity index (χ0n) is 11.5. The predicted octanol–water partition coefficient (Wildman–Crippen LogP) is 2.57. The van der Waals surface area contributed by atoms with Crippen LogP contribution >= 0.6 is 23.5 Å². The van der Waals surface area contributed by atoms with Crippen LogP contribution in [0.3, 0.4) is 0 Å². The Labute approximate surface area is 130 Å². The molecule has 0 aliphatic carbocycles. The topological polar surface area (TPSA) is 65.0 Å². The van der Waals surface area contributed by atoms with E-state index >= 15 is 0 Å². The number of thioether (sulfide) groups is 2. The molecule has 110 valence electrons. The number of aliphatic imine (C=N–C) groups is 1. The minimum Gasteiger partial charge on any atom is -0.497 e. The second-order valence-electron chi connectivity index (χ2n) is 3.93. The number of carbonyl (C=O) groups is 2. The summed E-state index contributed by atoms with van der Waals surface area (Å²) in [5.41, 5.74) is 0.890. The van der Waals surface area contributed by atoms with E-state index in [4.69, 9.17) is 4.74 Å². The fraction of sp³-hybridized carbons (Fsp3) is 0.214. The first-order chi connectivity index (χ1) is 10.1. The Kier molecular flexibility index (Phi) is 5.46. The SMILES string of the molecule is COC(=O)CSC1=NC(=O)C(=Cc2ccc(OC)cc2)S1. The average molecular weight is 323 g/mol. The van der Waals surface area contributed by atoms with Crippen LogP contribution in [0, 0.1) is 0 Å². The Bertz CT molecular complexity index is 608. The standard InChI is InChI=1S/C14H13NO4S2/c1-18-10-5-3-9(4-6-10)7-11-13(17)15-14(21-11)20-8-12(16)19-2/h3-7H,8H2,1-2H3. The summed E-state index contributed by atoms with van der Waals surface area (Å²) in [5, 5.41) is 0. The molecule has 0 fully saturated rings. The third-order valence-corrected chi connectivity index (χ3v) is 4.66. The van der Waals surface area contributed by atoms with Crippen LogP contribution in [0.1, 0.15) is 5.56 Å². The van der Waals surface area contributed by atoms with Crippen molar-refractivity contribution in [2.75, 3.05) is 20.0 Å². The highest BCUT2D eigenvalue weighted by molar-refractivity contribution is 8.41. The van der Waals surface area contributed by atoms with E-state index < -0.39 is 0 Å². The maximum Gasteiger partial charge on any atom is 0.316 e. The Morgan fingerprint density at radius 1 is 1.33 bits per heavy atom. The largest absolute Gasteiger partial charge is 0.497 e. The lowest BCUT2D eigenvalue weighted by atomic mass is 10.2. The summed E-state index contributed by atoms with van der Waals surface area (Å²) in [4.78, 5) is 27.3. The molecule has 0 radical (unpaired) electrons. The Hall–Kier alpha value is -1.73. The fourth-order valence-corrected chi connectivity index (χ4v) is 3.32. The van der Waals surface area contributed by atoms with Crippen LogP contribution in [-0.2, 0) is 14.3 Å². The molecule has 0 unspecified atom stereocenters. The number of hydrogen-bond acceptors (Lipinski definition) is 6. The van der Waals surface area contributed by atoms with E-state index in [-0.39, 0.29) is 17.6 Å². The smallest absolute Gasteiger partial charge is 0.316 e.